The standard InChI is InChI=1S/C17H18N2O3S2/c1-3-11-19-15-10-9-14(12-16(15)23-17(19)20)24(21,22)18(2)13-7-5-4-6-8-13/h4-10,12H,3,11H2,1-2H3. The minimum absolute atomic E-state index is 0.0576. The summed E-state index contributed by atoms with van der Waals surface area (Å²) in [6.45, 7) is 2.64. The Hall–Kier alpha value is -2.12. The quantitative estimate of drug-likeness (QED) is 0.700. The molecule has 1 heterocycles. The van der Waals surface area contributed by atoms with Crippen molar-refractivity contribution in [2.24, 2.45) is 0 Å². The maximum absolute atomic E-state index is 12.8. The third-order valence-electron chi connectivity index (χ3n) is 3.87. The summed E-state index contributed by atoms with van der Waals surface area (Å²) in [6.07, 6.45) is 0.850. The Morgan fingerprint density at radius 3 is 2.50 bits per heavy atom. The van der Waals surface area contributed by atoms with E-state index in [1.165, 1.54) is 11.4 Å². The molecule has 3 aromatic rings. The van der Waals surface area contributed by atoms with Gasteiger partial charge < -0.3 is 0 Å². The number of thiazole rings is 1. The number of nitrogens with zero attached hydrogens (tertiary/aromatic N) is 2. The highest BCUT2D eigenvalue weighted by atomic mass is 32.2. The third kappa shape index (κ3) is 2.85. The van der Waals surface area contributed by atoms with Crippen molar-refractivity contribution in [2.45, 2.75) is 24.8 Å². The van der Waals surface area contributed by atoms with Crippen molar-refractivity contribution in [1.82, 2.24) is 4.57 Å². The lowest BCUT2D eigenvalue weighted by Crippen LogP contribution is -2.26. The van der Waals surface area contributed by atoms with Crippen LogP contribution in [-0.4, -0.2) is 20.0 Å². The summed E-state index contributed by atoms with van der Waals surface area (Å²) in [5, 5.41) is 0. The van der Waals surface area contributed by atoms with E-state index >= 15 is 0 Å². The van der Waals surface area contributed by atoms with Crippen molar-refractivity contribution >= 4 is 37.3 Å². The summed E-state index contributed by atoms with van der Waals surface area (Å²) in [6, 6.07) is 13.8. The molecule has 0 unspecified atom stereocenters. The van der Waals surface area contributed by atoms with Crippen molar-refractivity contribution < 1.29 is 8.42 Å². The van der Waals surface area contributed by atoms with E-state index < -0.39 is 10.0 Å². The van der Waals surface area contributed by atoms with E-state index in [2.05, 4.69) is 0 Å². The molecule has 0 amide bonds. The first-order valence-electron chi connectivity index (χ1n) is 7.62. The zero-order valence-electron chi connectivity index (χ0n) is 13.5. The first kappa shape index (κ1) is 16.7. The summed E-state index contributed by atoms with van der Waals surface area (Å²) in [4.78, 5) is 12.2. The summed E-state index contributed by atoms with van der Waals surface area (Å²) in [7, 11) is -2.14. The van der Waals surface area contributed by atoms with Crippen LogP contribution in [0.4, 0.5) is 5.69 Å². The molecular formula is C17H18N2O3S2. The van der Waals surface area contributed by atoms with Crippen molar-refractivity contribution in [3.8, 4) is 0 Å². The molecule has 126 valence electrons. The van der Waals surface area contributed by atoms with Gasteiger partial charge in [0.1, 0.15) is 0 Å². The minimum atomic E-state index is -3.67. The summed E-state index contributed by atoms with van der Waals surface area (Å²) < 4.78 is 29.3. The van der Waals surface area contributed by atoms with Crippen LogP contribution >= 0.6 is 11.3 Å². The van der Waals surface area contributed by atoms with Gasteiger partial charge in [-0.2, -0.15) is 0 Å². The van der Waals surface area contributed by atoms with Crippen LogP contribution in [0.2, 0.25) is 0 Å². The molecule has 0 aliphatic heterocycles. The van der Waals surface area contributed by atoms with Crippen LogP contribution in [0.5, 0.6) is 0 Å². The lowest BCUT2D eigenvalue weighted by molar-refractivity contribution is 0.594. The van der Waals surface area contributed by atoms with Gasteiger partial charge in [0.2, 0.25) is 0 Å². The fourth-order valence-corrected chi connectivity index (χ4v) is 4.83. The van der Waals surface area contributed by atoms with Gasteiger partial charge in [-0.3, -0.25) is 13.7 Å². The number of aryl methyl sites for hydroxylation is 1. The highest BCUT2D eigenvalue weighted by Gasteiger charge is 2.22. The average Bonchev–Trinajstić information content (AvgIpc) is 2.90. The molecule has 0 aliphatic rings. The number of aromatic nitrogens is 1. The van der Waals surface area contributed by atoms with E-state index in [-0.39, 0.29) is 9.77 Å². The molecule has 0 saturated carbocycles. The van der Waals surface area contributed by atoms with Crippen LogP contribution in [0.25, 0.3) is 10.2 Å². The highest BCUT2D eigenvalue weighted by molar-refractivity contribution is 7.92. The molecule has 2 aromatic carbocycles. The summed E-state index contributed by atoms with van der Waals surface area (Å²) >= 11 is 1.08. The normalized spacial score (nSPS) is 11.8. The van der Waals surface area contributed by atoms with Gasteiger partial charge in [-0.05, 0) is 36.8 Å². The van der Waals surface area contributed by atoms with Gasteiger partial charge in [-0.15, -0.1) is 0 Å². The Morgan fingerprint density at radius 1 is 1.12 bits per heavy atom. The SMILES string of the molecule is CCCn1c(=O)sc2cc(S(=O)(=O)N(C)c3ccccc3)ccc21. The van der Waals surface area contributed by atoms with Crippen molar-refractivity contribution in [1.29, 1.82) is 0 Å². The summed E-state index contributed by atoms with van der Waals surface area (Å²) in [5.41, 5.74) is 1.38. The predicted molar refractivity (Wildman–Crippen MR) is 98.4 cm³/mol. The molecule has 0 N–H and O–H groups in total. The molecule has 0 fully saturated rings. The molecule has 3 rings (SSSR count). The fourth-order valence-electron chi connectivity index (χ4n) is 2.58. The third-order valence-corrected chi connectivity index (χ3v) is 6.59. The molecule has 0 aliphatic carbocycles. The predicted octanol–water partition coefficient (Wildman–Crippen LogP) is 3.30. The molecule has 7 heteroatoms. The number of fused-ring (bicyclic) bond motifs is 1. The van der Waals surface area contributed by atoms with Crippen LogP contribution < -0.4 is 9.18 Å². The molecule has 1 aromatic heterocycles. The summed E-state index contributed by atoms with van der Waals surface area (Å²) in [5.74, 6) is 0. The van der Waals surface area contributed by atoms with Gasteiger partial charge in [-0.1, -0.05) is 36.5 Å². The monoisotopic (exact) mass is 362 g/mol. The molecule has 0 bridgehead atoms. The number of anilines is 1. The van der Waals surface area contributed by atoms with Gasteiger partial charge in [0, 0.05) is 13.6 Å². The van der Waals surface area contributed by atoms with E-state index in [9.17, 15) is 13.2 Å². The molecular weight excluding hydrogens is 344 g/mol. The van der Waals surface area contributed by atoms with E-state index in [1.54, 1.807) is 47.0 Å². The van der Waals surface area contributed by atoms with Gasteiger partial charge in [0.25, 0.3) is 10.0 Å². The molecule has 0 spiro atoms. The Bertz CT molecular complexity index is 1020. The first-order valence-corrected chi connectivity index (χ1v) is 9.88. The number of benzene rings is 2. The lowest BCUT2D eigenvalue weighted by Gasteiger charge is -2.19. The van der Waals surface area contributed by atoms with E-state index in [0.717, 1.165) is 23.3 Å². The fraction of sp³-hybridized carbons (Fsp3) is 0.235. The second-order valence-corrected chi connectivity index (χ2v) is 8.42. The number of hydrogen-bond acceptors (Lipinski definition) is 4. The Morgan fingerprint density at radius 2 is 1.83 bits per heavy atom. The number of sulfonamides is 1. The van der Waals surface area contributed by atoms with Gasteiger partial charge in [-0.25, -0.2) is 8.42 Å². The second kappa shape index (κ2) is 6.41. The smallest absolute Gasteiger partial charge is 0.299 e. The maximum atomic E-state index is 12.8. The van der Waals surface area contributed by atoms with Crippen LogP contribution in [0, 0.1) is 0 Å². The van der Waals surface area contributed by atoms with E-state index in [1.807, 2.05) is 13.0 Å². The Labute approximate surface area is 144 Å². The van der Waals surface area contributed by atoms with Crippen LogP contribution in [0.1, 0.15) is 13.3 Å². The molecule has 0 radical (unpaired) electrons. The van der Waals surface area contributed by atoms with Crippen LogP contribution in [0.15, 0.2) is 58.2 Å². The molecule has 0 saturated heterocycles. The highest BCUT2D eigenvalue weighted by Crippen LogP contribution is 2.26. The minimum Gasteiger partial charge on any atom is -0.299 e. The molecule has 0 atom stereocenters. The molecule has 5 nitrogen and oxygen atoms in total. The largest absolute Gasteiger partial charge is 0.308 e. The number of hydrogen-bond donors (Lipinski definition) is 0. The topological polar surface area (TPSA) is 59.4 Å². The number of rotatable bonds is 5. The van der Waals surface area contributed by atoms with Gasteiger partial charge in [0.15, 0.2) is 0 Å². The van der Waals surface area contributed by atoms with Gasteiger partial charge >= 0.3 is 4.87 Å². The van der Waals surface area contributed by atoms with Crippen molar-refractivity contribution in [3.63, 3.8) is 0 Å². The van der Waals surface area contributed by atoms with E-state index in [4.69, 9.17) is 0 Å². The first-order chi connectivity index (χ1) is 11.4. The second-order valence-electron chi connectivity index (χ2n) is 5.46. The van der Waals surface area contributed by atoms with Crippen molar-refractivity contribution in [2.75, 3.05) is 11.4 Å². The maximum Gasteiger partial charge on any atom is 0.308 e. The lowest BCUT2D eigenvalue weighted by atomic mass is 10.3. The Balaban J connectivity index is 2.07. The van der Waals surface area contributed by atoms with Crippen molar-refractivity contribution in [3.05, 3.63) is 58.2 Å². The Kier molecular flexibility index (Phi) is 4.47. The zero-order valence-corrected chi connectivity index (χ0v) is 15.1. The zero-order chi connectivity index (χ0) is 17.3. The van der Waals surface area contributed by atoms with Crippen LogP contribution in [-0.2, 0) is 16.6 Å². The number of para-hydroxylation sites is 1. The average molecular weight is 362 g/mol. The van der Waals surface area contributed by atoms with Crippen LogP contribution in [0.3, 0.4) is 0 Å². The van der Waals surface area contributed by atoms with Gasteiger partial charge in [0.05, 0.1) is 20.8 Å². The molecule has 24 heavy (non-hydrogen) atoms. The van der Waals surface area contributed by atoms with E-state index in [0.29, 0.717) is 16.9 Å².